The minimum Gasteiger partial charge on any atom is -0.489 e. The minimum absolute atomic E-state index is 0.00385. The number of aliphatic hydroxyl groups excluding tert-OH is 1. The Morgan fingerprint density at radius 3 is 2.83 bits per heavy atom. The molecular formula is C13H15ClN2O2. The number of halogens is 1. The zero-order chi connectivity index (χ0) is 13.1. The van der Waals surface area contributed by atoms with Crippen LogP contribution in [0.3, 0.4) is 0 Å². The van der Waals surface area contributed by atoms with Crippen molar-refractivity contribution in [2.75, 3.05) is 0 Å². The third-order valence-electron chi connectivity index (χ3n) is 2.73. The van der Waals surface area contributed by atoms with E-state index in [0.717, 1.165) is 16.8 Å². The highest BCUT2D eigenvalue weighted by Gasteiger charge is 2.11. The Labute approximate surface area is 111 Å². The number of aliphatic hydroxyl groups is 1. The van der Waals surface area contributed by atoms with E-state index in [1.165, 1.54) is 0 Å². The first-order valence-electron chi connectivity index (χ1n) is 5.62. The summed E-state index contributed by atoms with van der Waals surface area (Å²) in [4.78, 5) is 0. The van der Waals surface area contributed by atoms with Crippen LogP contribution in [-0.2, 0) is 20.3 Å². The quantitative estimate of drug-likeness (QED) is 0.925. The second-order valence-electron chi connectivity index (χ2n) is 4.07. The highest BCUT2D eigenvalue weighted by atomic mass is 35.5. The maximum atomic E-state index is 9.05. The van der Waals surface area contributed by atoms with Crippen molar-refractivity contribution in [2.45, 2.75) is 20.1 Å². The fraction of sp³-hybridized carbons (Fsp3) is 0.308. The van der Waals surface area contributed by atoms with E-state index in [1.54, 1.807) is 17.8 Å². The molecule has 0 aliphatic heterocycles. The fourth-order valence-corrected chi connectivity index (χ4v) is 1.96. The van der Waals surface area contributed by atoms with Crippen molar-refractivity contribution in [1.82, 2.24) is 9.78 Å². The molecule has 1 aromatic heterocycles. The van der Waals surface area contributed by atoms with Gasteiger partial charge in [0.15, 0.2) is 0 Å². The Morgan fingerprint density at radius 2 is 2.22 bits per heavy atom. The number of hydrogen-bond donors (Lipinski definition) is 1. The summed E-state index contributed by atoms with van der Waals surface area (Å²) in [6.07, 6.45) is 0. The molecular weight excluding hydrogens is 252 g/mol. The van der Waals surface area contributed by atoms with Crippen LogP contribution in [0.25, 0.3) is 0 Å². The van der Waals surface area contributed by atoms with E-state index >= 15 is 0 Å². The maximum Gasteiger partial charge on any atom is 0.133 e. The molecule has 18 heavy (non-hydrogen) atoms. The lowest BCUT2D eigenvalue weighted by atomic mass is 10.2. The molecule has 0 atom stereocenters. The van der Waals surface area contributed by atoms with Gasteiger partial charge in [-0.2, -0.15) is 5.10 Å². The SMILES string of the molecule is Cc1nn(C)c(Cl)c1COc1cccc(CO)c1. The van der Waals surface area contributed by atoms with Crippen molar-refractivity contribution >= 4 is 11.6 Å². The van der Waals surface area contributed by atoms with Gasteiger partial charge in [0, 0.05) is 12.6 Å². The molecule has 0 fully saturated rings. The van der Waals surface area contributed by atoms with Crippen LogP contribution in [0.1, 0.15) is 16.8 Å². The summed E-state index contributed by atoms with van der Waals surface area (Å²) < 4.78 is 7.29. The molecule has 1 heterocycles. The predicted molar refractivity (Wildman–Crippen MR) is 69.7 cm³/mol. The molecule has 2 rings (SSSR count). The minimum atomic E-state index is 0.00385. The second-order valence-corrected chi connectivity index (χ2v) is 4.43. The number of ether oxygens (including phenoxy) is 1. The molecule has 4 nitrogen and oxygen atoms in total. The smallest absolute Gasteiger partial charge is 0.133 e. The van der Waals surface area contributed by atoms with Gasteiger partial charge in [0.05, 0.1) is 12.3 Å². The Kier molecular flexibility index (Phi) is 3.89. The summed E-state index contributed by atoms with van der Waals surface area (Å²) in [5, 5.41) is 13.9. The van der Waals surface area contributed by atoms with Crippen molar-refractivity contribution in [3.63, 3.8) is 0 Å². The van der Waals surface area contributed by atoms with Gasteiger partial charge in [-0.25, -0.2) is 0 Å². The van der Waals surface area contributed by atoms with Crippen LogP contribution in [0.5, 0.6) is 5.75 Å². The van der Waals surface area contributed by atoms with Gasteiger partial charge >= 0.3 is 0 Å². The van der Waals surface area contributed by atoms with Gasteiger partial charge in [-0.05, 0) is 24.6 Å². The molecule has 5 heteroatoms. The number of aromatic nitrogens is 2. The van der Waals surface area contributed by atoms with Crippen molar-refractivity contribution in [1.29, 1.82) is 0 Å². The van der Waals surface area contributed by atoms with Crippen LogP contribution in [-0.4, -0.2) is 14.9 Å². The first kappa shape index (κ1) is 12.9. The summed E-state index contributed by atoms with van der Waals surface area (Å²) in [5.41, 5.74) is 2.57. The van der Waals surface area contributed by atoms with Crippen LogP contribution in [0.15, 0.2) is 24.3 Å². The zero-order valence-corrected chi connectivity index (χ0v) is 11.1. The van der Waals surface area contributed by atoms with Crippen LogP contribution < -0.4 is 4.74 Å². The Bertz CT molecular complexity index is 552. The monoisotopic (exact) mass is 266 g/mol. The van der Waals surface area contributed by atoms with Crippen LogP contribution in [0.2, 0.25) is 5.15 Å². The molecule has 0 saturated carbocycles. The number of benzene rings is 1. The highest BCUT2D eigenvalue weighted by Crippen LogP contribution is 2.21. The second kappa shape index (κ2) is 5.42. The van der Waals surface area contributed by atoms with Crippen molar-refractivity contribution in [2.24, 2.45) is 7.05 Å². The summed E-state index contributed by atoms with van der Waals surface area (Å²) in [6.45, 7) is 2.27. The van der Waals surface area contributed by atoms with Crippen molar-refractivity contribution < 1.29 is 9.84 Å². The van der Waals surface area contributed by atoms with E-state index in [2.05, 4.69) is 5.10 Å². The maximum absolute atomic E-state index is 9.05. The predicted octanol–water partition coefficient (Wildman–Crippen LogP) is 2.45. The topological polar surface area (TPSA) is 47.3 Å². The average Bonchev–Trinajstić information content (AvgIpc) is 2.61. The largest absolute Gasteiger partial charge is 0.489 e. The van der Waals surface area contributed by atoms with E-state index < -0.39 is 0 Å². The van der Waals surface area contributed by atoms with E-state index in [0.29, 0.717) is 17.5 Å². The van der Waals surface area contributed by atoms with Gasteiger partial charge in [0.25, 0.3) is 0 Å². The Balaban J connectivity index is 2.11. The van der Waals surface area contributed by atoms with Gasteiger partial charge < -0.3 is 9.84 Å². The molecule has 0 saturated heterocycles. The Hall–Kier alpha value is -1.52. The van der Waals surface area contributed by atoms with E-state index in [1.807, 2.05) is 25.1 Å². The molecule has 2 aromatic rings. The molecule has 0 radical (unpaired) electrons. The lowest BCUT2D eigenvalue weighted by Gasteiger charge is -2.07. The third kappa shape index (κ3) is 2.66. The van der Waals surface area contributed by atoms with Gasteiger partial charge in [0.1, 0.15) is 17.5 Å². The van der Waals surface area contributed by atoms with Gasteiger partial charge in [-0.3, -0.25) is 4.68 Å². The number of aryl methyl sites for hydroxylation is 2. The molecule has 0 spiro atoms. The standard InChI is InChI=1S/C13H15ClN2O2/c1-9-12(13(14)16(2)15-9)8-18-11-5-3-4-10(6-11)7-17/h3-6,17H,7-8H2,1-2H3. The van der Waals surface area contributed by atoms with Gasteiger partial charge in [-0.15, -0.1) is 0 Å². The number of rotatable bonds is 4. The lowest BCUT2D eigenvalue weighted by Crippen LogP contribution is -1.97. The van der Waals surface area contributed by atoms with Gasteiger partial charge in [-0.1, -0.05) is 23.7 Å². The van der Waals surface area contributed by atoms with Crippen LogP contribution >= 0.6 is 11.6 Å². The van der Waals surface area contributed by atoms with Crippen LogP contribution in [0.4, 0.5) is 0 Å². The normalized spacial score (nSPS) is 10.7. The van der Waals surface area contributed by atoms with Gasteiger partial charge in [0.2, 0.25) is 0 Å². The van der Waals surface area contributed by atoms with E-state index in [4.69, 9.17) is 21.4 Å². The fourth-order valence-electron chi connectivity index (χ4n) is 1.73. The van der Waals surface area contributed by atoms with Crippen molar-refractivity contribution in [3.05, 3.63) is 46.2 Å². The summed E-state index contributed by atoms with van der Waals surface area (Å²) in [7, 11) is 1.80. The molecule has 0 aliphatic carbocycles. The summed E-state index contributed by atoms with van der Waals surface area (Å²) in [5.74, 6) is 0.709. The Morgan fingerprint density at radius 1 is 1.44 bits per heavy atom. The number of hydrogen-bond acceptors (Lipinski definition) is 3. The summed E-state index contributed by atoms with van der Waals surface area (Å²) in [6, 6.07) is 7.34. The summed E-state index contributed by atoms with van der Waals surface area (Å²) >= 11 is 6.12. The van der Waals surface area contributed by atoms with Crippen LogP contribution in [0, 0.1) is 6.92 Å². The molecule has 96 valence electrons. The highest BCUT2D eigenvalue weighted by molar-refractivity contribution is 6.30. The molecule has 0 amide bonds. The average molecular weight is 267 g/mol. The first-order valence-corrected chi connectivity index (χ1v) is 6.00. The van der Waals surface area contributed by atoms with E-state index in [-0.39, 0.29) is 6.61 Å². The number of nitrogens with zero attached hydrogens (tertiary/aromatic N) is 2. The molecule has 1 N–H and O–H groups in total. The first-order chi connectivity index (χ1) is 8.61. The molecule has 1 aromatic carbocycles. The van der Waals surface area contributed by atoms with E-state index in [9.17, 15) is 0 Å². The zero-order valence-electron chi connectivity index (χ0n) is 10.4. The molecule has 0 unspecified atom stereocenters. The third-order valence-corrected chi connectivity index (χ3v) is 3.21. The lowest BCUT2D eigenvalue weighted by molar-refractivity contribution is 0.278. The van der Waals surface area contributed by atoms with Crippen molar-refractivity contribution in [3.8, 4) is 5.75 Å². The molecule has 0 aliphatic rings. The molecule has 0 bridgehead atoms.